The van der Waals surface area contributed by atoms with Gasteiger partial charge in [0.05, 0.1) is 5.52 Å². The molecule has 0 atom stereocenters. The Morgan fingerprint density at radius 2 is 2.00 bits per heavy atom. The second-order valence-corrected chi connectivity index (χ2v) is 4.77. The number of ketones is 1. The highest BCUT2D eigenvalue weighted by molar-refractivity contribution is 6.06. The van der Waals surface area contributed by atoms with Crippen LogP contribution in [0.2, 0.25) is 0 Å². The molecule has 0 fully saturated rings. The molecule has 2 rings (SSSR count). The maximum atomic E-state index is 11.7. The van der Waals surface area contributed by atoms with Gasteiger partial charge in [-0.1, -0.05) is 32.0 Å². The smallest absolute Gasteiger partial charge is 0.160 e. The molecule has 0 spiro atoms. The lowest BCUT2D eigenvalue weighted by Crippen LogP contribution is -2.00. The minimum Gasteiger partial charge on any atom is -0.294 e. The SMILES string of the molecule is CC(=O)c1cc(C)nc2c(C(C)C)cccc12. The van der Waals surface area contributed by atoms with E-state index in [0.717, 1.165) is 22.2 Å². The Bertz CT molecular complexity index is 585. The van der Waals surface area contributed by atoms with E-state index in [1.165, 1.54) is 5.56 Å². The van der Waals surface area contributed by atoms with Crippen LogP contribution in [0.3, 0.4) is 0 Å². The number of pyridine rings is 1. The van der Waals surface area contributed by atoms with Crippen molar-refractivity contribution in [1.82, 2.24) is 4.98 Å². The van der Waals surface area contributed by atoms with Gasteiger partial charge in [0, 0.05) is 16.6 Å². The van der Waals surface area contributed by atoms with Crippen molar-refractivity contribution >= 4 is 16.7 Å². The van der Waals surface area contributed by atoms with E-state index in [-0.39, 0.29) is 5.78 Å². The van der Waals surface area contributed by atoms with Crippen LogP contribution in [-0.4, -0.2) is 10.8 Å². The van der Waals surface area contributed by atoms with Crippen molar-refractivity contribution in [3.63, 3.8) is 0 Å². The van der Waals surface area contributed by atoms with Gasteiger partial charge in [-0.05, 0) is 31.4 Å². The van der Waals surface area contributed by atoms with Crippen molar-refractivity contribution < 1.29 is 4.79 Å². The third-order valence-electron chi connectivity index (χ3n) is 3.00. The fourth-order valence-corrected chi connectivity index (χ4v) is 2.16. The van der Waals surface area contributed by atoms with Crippen molar-refractivity contribution in [2.75, 3.05) is 0 Å². The van der Waals surface area contributed by atoms with Gasteiger partial charge in [0.15, 0.2) is 5.78 Å². The van der Waals surface area contributed by atoms with Crippen LogP contribution >= 0.6 is 0 Å². The topological polar surface area (TPSA) is 30.0 Å². The molecule has 1 aromatic heterocycles. The standard InChI is InChI=1S/C15H17NO/c1-9(2)12-6-5-7-13-14(11(4)17)8-10(3)16-15(12)13/h5-9H,1-4H3. The molecule has 0 saturated carbocycles. The summed E-state index contributed by atoms with van der Waals surface area (Å²) >= 11 is 0. The van der Waals surface area contributed by atoms with Gasteiger partial charge in [-0.15, -0.1) is 0 Å². The summed E-state index contributed by atoms with van der Waals surface area (Å²) < 4.78 is 0. The molecule has 1 aromatic carbocycles. The van der Waals surface area contributed by atoms with E-state index in [2.05, 4.69) is 24.9 Å². The normalized spacial score (nSPS) is 11.1. The third kappa shape index (κ3) is 2.07. The quantitative estimate of drug-likeness (QED) is 0.729. The van der Waals surface area contributed by atoms with Gasteiger partial charge in [-0.3, -0.25) is 9.78 Å². The minimum absolute atomic E-state index is 0.0985. The lowest BCUT2D eigenvalue weighted by molar-refractivity contribution is 0.101. The summed E-state index contributed by atoms with van der Waals surface area (Å²) in [6.45, 7) is 7.83. The van der Waals surface area contributed by atoms with Crippen LogP contribution in [-0.2, 0) is 0 Å². The summed E-state index contributed by atoms with van der Waals surface area (Å²) in [5.74, 6) is 0.509. The predicted octanol–water partition coefficient (Wildman–Crippen LogP) is 3.87. The van der Waals surface area contributed by atoms with Gasteiger partial charge < -0.3 is 0 Å². The molecule has 17 heavy (non-hydrogen) atoms. The highest BCUT2D eigenvalue weighted by Gasteiger charge is 2.12. The number of carbonyl (C=O) groups excluding carboxylic acids is 1. The molecule has 0 N–H and O–H groups in total. The first-order chi connectivity index (χ1) is 8.00. The molecular weight excluding hydrogens is 210 g/mol. The van der Waals surface area contributed by atoms with Gasteiger partial charge in [0.25, 0.3) is 0 Å². The highest BCUT2D eigenvalue weighted by atomic mass is 16.1. The van der Waals surface area contributed by atoms with Crippen LogP contribution < -0.4 is 0 Å². The molecule has 0 aliphatic carbocycles. The number of carbonyl (C=O) groups is 1. The molecule has 2 aromatic rings. The Labute approximate surface area is 102 Å². The summed E-state index contributed by atoms with van der Waals surface area (Å²) in [7, 11) is 0. The Balaban J connectivity index is 2.88. The minimum atomic E-state index is 0.0985. The van der Waals surface area contributed by atoms with Gasteiger partial charge in [-0.25, -0.2) is 0 Å². The zero-order valence-corrected chi connectivity index (χ0v) is 10.7. The fourth-order valence-electron chi connectivity index (χ4n) is 2.16. The largest absolute Gasteiger partial charge is 0.294 e. The average Bonchev–Trinajstić information content (AvgIpc) is 2.26. The Morgan fingerprint density at radius 1 is 1.29 bits per heavy atom. The Kier molecular flexibility index (Phi) is 2.97. The van der Waals surface area contributed by atoms with Gasteiger partial charge in [0.2, 0.25) is 0 Å². The second-order valence-electron chi connectivity index (χ2n) is 4.77. The predicted molar refractivity (Wildman–Crippen MR) is 70.6 cm³/mol. The summed E-state index contributed by atoms with van der Waals surface area (Å²) in [6, 6.07) is 7.93. The third-order valence-corrected chi connectivity index (χ3v) is 3.00. The average molecular weight is 227 g/mol. The summed E-state index contributed by atoms with van der Waals surface area (Å²) in [5, 5.41) is 0.967. The maximum Gasteiger partial charge on any atom is 0.160 e. The second kappa shape index (κ2) is 4.28. The summed E-state index contributed by atoms with van der Waals surface area (Å²) in [4.78, 5) is 16.3. The van der Waals surface area contributed by atoms with Crippen LogP contribution in [0.1, 0.15) is 48.3 Å². The molecule has 1 heterocycles. The number of hydrogen-bond acceptors (Lipinski definition) is 2. The lowest BCUT2D eigenvalue weighted by Gasteiger charge is -2.11. The maximum absolute atomic E-state index is 11.7. The van der Waals surface area contributed by atoms with Crippen LogP contribution in [0, 0.1) is 6.92 Å². The molecule has 0 aliphatic heterocycles. The van der Waals surface area contributed by atoms with E-state index in [0.29, 0.717) is 5.92 Å². The van der Waals surface area contributed by atoms with E-state index < -0.39 is 0 Å². The van der Waals surface area contributed by atoms with Crippen LogP contribution in [0.25, 0.3) is 10.9 Å². The molecule has 88 valence electrons. The van der Waals surface area contributed by atoms with Gasteiger partial charge in [-0.2, -0.15) is 0 Å². The summed E-state index contributed by atoms with van der Waals surface area (Å²) in [5.41, 5.74) is 3.84. The van der Waals surface area contributed by atoms with Crippen molar-refractivity contribution in [3.8, 4) is 0 Å². The first kappa shape index (κ1) is 11.8. The monoisotopic (exact) mass is 227 g/mol. The van der Waals surface area contributed by atoms with Gasteiger partial charge in [0.1, 0.15) is 0 Å². The summed E-state index contributed by atoms with van der Waals surface area (Å²) in [6.07, 6.45) is 0. The molecule has 0 bridgehead atoms. The van der Waals surface area contributed by atoms with E-state index in [4.69, 9.17) is 0 Å². The number of fused-ring (bicyclic) bond motifs is 1. The number of benzene rings is 1. The fraction of sp³-hybridized carbons (Fsp3) is 0.333. The number of nitrogens with zero attached hydrogens (tertiary/aromatic N) is 1. The first-order valence-electron chi connectivity index (χ1n) is 5.92. The molecule has 0 radical (unpaired) electrons. The number of rotatable bonds is 2. The zero-order valence-electron chi connectivity index (χ0n) is 10.7. The molecule has 0 amide bonds. The molecule has 0 unspecified atom stereocenters. The van der Waals surface area contributed by atoms with Gasteiger partial charge >= 0.3 is 0 Å². The molecule has 2 nitrogen and oxygen atoms in total. The van der Waals surface area contributed by atoms with Crippen molar-refractivity contribution in [2.24, 2.45) is 0 Å². The van der Waals surface area contributed by atoms with Crippen molar-refractivity contribution in [3.05, 3.63) is 41.1 Å². The zero-order chi connectivity index (χ0) is 12.6. The van der Waals surface area contributed by atoms with Crippen molar-refractivity contribution in [1.29, 1.82) is 0 Å². The molecule has 0 aliphatic rings. The van der Waals surface area contributed by atoms with E-state index in [1.54, 1.807) is 6.92 Å². The number of aromatic nitrogens is 1. The number of hydrogen-bond donors (Lipinski definition) is 0. The van der Waals surface area contributed by atoms with Crippen molar-refractivity contribution in [2.45, 2.75) is 33.6 Å². The molecule has 2 heteroatoms. The van der Waals surface area contributed by atoms with Crippen LogP contribution in [0.15, 0.2) is 24.3 Å². The first-order valence-corrected chi connectivity index (χ1v) is 5.92. The highest BCUT2D eigenvalue weighted by Crippen LogP contribution is 2.26. The Hall–Kier alpha value is -1.70. The number of para-hydroxylation sites is 1. The Morgan fingerprint density at radius 3 is 2.59 bits per heavy atom. The molecule has 0 saturated heterocycles. The van der Waals surface area contributed by atoms with E-state index in [9.17, 15) is 4.79 Å². The number of aryl methyl sites for hydroxylation is 1. The van der Waals surface area contributed by atoms with E-state index >= 15 is 0 Å². The van der Waals surface area contributed by atoms with E-state index in [1.807, 2.05) is 25.1 Å². The van der Waals surface area contributed by atoms with Crippen LogP contribution in [0.5, 0.6) is 0 Å². The van der Waals surface area contributed by atoms with Crippen LogP contribution in [0.4, 0.5) is 0 Å². The molecular formula is C15H17NO. The number of Topliss-reactive ketones (excluding diaryl/α,β-unsaturated/α-hetero) is 1. The lowest BCUT2D eigenvalue weighted by atomic mass is 9.96.